The highest BCUT2D eigenvalue weighted by atomic mass is 32.2. The molecule has 0 spiro atoms. The Morgan fingerprint density at radius 3 is 1.26 bits per heavy atom. The molecule has 434 valence electrons. The lowest BCUT2D eigenvalue weighted by Crippen LogP contribution is -2.30. The number of methoxy groups -OCH3 is 1. The average Bonchev–Trinajstić information content (AvgIpc) is 4.10. The fourth-order valence-corrected chi connectivity index (χ4v) is 6.52. The first-order valence-electron chi connectivity index (χ1n) is 24.7. The van der Waals surface area contributed by atoms with Crippen LogP contribution in [0.15, 0.2) is 103 Å². The predicted molar refractivity (Wildman–Crippen MR) is 325 cm³/mol. The molecule has 6 aliphatic rings. The molecular weight excluding hydrogens is 1040 g/mol. The van der Waals surface area contributed by atoms with E-state index in [1.807, 2.05) is 83.1 Å². The lowest BCUT2D eigenvalue weighted by atomic mass is 9.95. The number of hydrogen-bond donors (Lipinski definition) is 7. The van der Waals surface area contributed by atoms with Gasteiger partial charge in [-0.1, -0.05) is 189 Å². The van der Waals surface area contributed by atoms with Gasteiger partial charge < -0.3 is 28.6 Å². The maximum atomic E-state index is 10.6. The van der Waals surface area contributed by atoms with Gasteiger partial charge in [0.15, 0.2) is 11.6 Å². The Hall–Kier alpha value is -5.75. The van der Waals surface area contributed by atoms with Crippen LogP contribution in [0.4, 0.5) is 0 Å². The molecule has 77 heavy (non-hydrogen) atoms. The Kier molecular flexibility index (Phi) is 27.1. The van der Waals surface area contributed by atoms with E-state index in [1.54, 1.807) is 23.7 Å². The zero-order valence-electron chi connectivity index (χ0n) is 51.0. The Morgan fingerprint density at radius 1 is 0.532 bits per heavy atom. The molecule has 0 aliphatic carbocycles. The maximum Gasteiger partial charge on any atom is 0.310 e. The van der Waals surface area contributed by atoms with Crippen molar-refractivity contribution in [2.45, 2.75) is 172 Å². The number of esters is 1. The molecule has 0 saturated carbocycles. The molecule has 0 amide bonds. The summed E-state index contributed by atoms with van der Waals surface area (Å²) >= 11 is 4.66. The Balaban J connectivity index is 0.000000858. The van der Waals surface area contributed by atoms with Gasteiger partial charge >= 0.3 is 5.97 Å². The van der Waals surface area contributed by atoms with Gasteiger partial charge in [-0.2, -0.15) is 20.3 Å². The van der Waals surface area contributed by atoms with E-state index in [1.165, 1.54) is 19.1 Å². The number of ether oxygens (including phenoxy) is 2. The van der Waals surface area contributed by atoms with Crippen LogP contribution in [-0.2, 0) is 29.4 Å². The molecule has 0 bridgehead atoms. The number of hydroxylamine groups is 2. The molecule has 7 rings (SSSR count). The Morgan fingerprint density at radius 2 is 1.08 bits per heavy atom. The van der Waals surface area contributed by atoms with Gasteiger partial charge in [0.05, 0.1) is 17.6 Å². The van der Waals surface area contributed by atoms with E-state index < -0.39 is 0 Å². The van der Waals surface area contributed by atoms with E-state index in [2.05, 4.69) is 209 Å². The van der Waals surface area contributed by atoms with E-state index in [-0.39, 0.29) is 49.3 Å². The number of carbonyl (C=O) groups is 1. The van der Waals surface area contributed by atoms with E-state index >= 15 is 0 Å². The molecule has 21 nitrogen and oxygen atoms in total. The van der Waals surface area contributed by atoms with Gasteiger partial charge in [-0.25, -0.2) is 26.4 Å². The van der Waals surface area contributed by atoms with E-state index in [9.17, 15) is 4.79 Å². The second-order valence-corrected chi connectivity index (χ2v) is 28.3. The molecule has 0 unspecified atom stereocenters. The topological polar surface area (TPSA) is 255 Å². The number of hydrazone groups is 2. The number of carbonyl (C=O) groups excluding carboxylic acids is 1. The predicted octanol–water partition coefficient (Wildman–Crippen LogP) is 12.5. The van der Waals surface area contributed by atoms with Crippen molar-refractivity contribution >= 4 is 75.2 Å². The third-order valence-electron chi connectivity index (χ3n) is 8.81. The molecule has 1 aromatic heterocycles. The minimum absolute atomic E-state index is 0.00694. The molecular formula is C53H94N16O5S3. The summed E-state index contributed by atoms with van der Waals surface area (Å²) < 4.78 is 15.8. The summed E-state index contributed by atoms with van der Waals surface area (Å²) in [6.45, 7) is 71.0. The van der Waals surface area contributed by atoms with Gasteiger partial charge in [0.25, 0.3) is 0 Å². The van der Waals surface area contributed by atoms with Gasteiger partial charge in [0.1, 0.15) is 32.6 Å². The third kappa shape index (κ3) is 29.5. The zero-order chi connectivity index (χ0) is 60.3. The fraction of sp³-hybridized carbons (Fsp3) is 0.623. The monoisotopic (exact) mass is 1130 g/mol. The van der Waals surface area contributed by atoms with Gasteiger partial charge in [-0.3, -0.25) is 10.2 Å². The van der Waals surface area contributed by atoms with Crippen LogP contribution < -0.4 is 31.3 Å². The van der Waals surface area contributed by atoms with E-state index in [0.29, 0.717) is 29.4 Å². The van der Waals surface area contributed by atoms with Crippen molar-refractivity contribution in [1.29, 1.82) is 0 Å². The highest BCUT2D eigenvalue weighted by Crippen LogP contribution is 2.32. The van der Waals surface area contributed by atoms with Crippen LogP contribution in [0.25, 0.3) is 0 Å². The van der Waals surface area contributed by atoms with Crippen LogP contribution in [0.2, 0.25) is 0 Å². The van der Waals surface area contributed by atoms with E-state index in [4.69, 9.17) is 14.4 Å². The summed E-state index contributed by atoms with van der Waals surface area (Å²) in [4.78, 5) is 37.0. The first-order chi connectivity index (χ1) is 34.6. The minimum Gasteiger partial charge on any atom is -0.469 e. The standard InChI is InChI=1S/3C7H12N2O.3C7H12N2S.C6H12O2.C5H10N4/c1-5-8-9-6(10-5)7(2,3)4;1-5-8-6(9-10-5)7(2,3)4;1-5-8-6(10-9-5)7(2,3)4;1-5-8-9-6(10-5)7(2,3)4;1-5-8-6(9-10-5)7(2,3)4;1-5-8-6(10-9-5)7(2,3)4;1-6(2,3)5(7)8-4;1-5(2,3)4-6-8-9-7-4/h8H,1H2,2-4H3;1H2,2-4H3,(H,8,9);9H,1H2,2-4H3;8H,1H2,2-4H3;1H2,2-4H3,(H,8,9);9H,1H2,2-4H3;1-4H3;1-3H3,(H,6,7,8,9). The summed E-state index contributed by atoms with van der Waals surface area (Å²) in [6, 6.07) is 0. The first kappa shape index (κ1) is 71.2. The number of aromatic nitrogens is 4. The Bertz CT molecular complexity index is 2180. The minimum atomic E-state index is -0.352. The summed E-state index contributed by atoms with van der Waals surface area (Å²) in [5, 5.41) is 25.6. The number of aromatic amines is 1. The average molecular weight is 1130 g/mol. The van der Waals surface area contributed by atoms with Crippen molar-refractivity contribution in [3.8, 4) is 0 Å². The first-order valence-corrected chi connectivity index (χ1v) is 27.1. The number of aliphatic imine (C=N–C) groups is 4. The molecule has 24 heteroatoms. The molecule has 1 aromatic rings. The van der Waals surface area contributed by atoms with Crippen LogP contribution in [0.3, 0.4) is 0 Å². The summed E-state index contributed by atoms with van der Waals surface area (Å²) in [6.07, 6.45) is 0. The lowest BCUT2D eigenvalue weighted by molar-refractivity contribution is -0.149. The van der Waals surface area contributed by atoms with Crippen LogP contribution in [0, 0.1) is 37.9 Å². The van der Waals surface area contributed by atoms with Crippen molar-refractivity contribution in [3.05, 3.63) is 78.8 Å². The van der Waals surface area contributed by atoms with Gasteiger partial charge in [0.2, 0.25) is 23.6 Å². The van der Waals surface area contributed by atoms with E-state index in [0.717, 1.165) is 43.5 Å². The fourth-order valence-electron chi connectivity index (χ4n) is 4.37. The van der Waals surface area contributed by atoms with Crippen molar-refractivity contribution in [1.82, 2.24) is 51.9 Å². The van der Waals surface area contributed by atoms with Gasteiger partial charge in [0, 0.05) is 61.8 Å². The second-order valence-electron chi connectivity index (χ2n) is 25.6. The molecule has 0 saturated heterocycles. The summed E-state index contributed by atoms with van der Waals surface area (Å²) in [7, 11) is 1.40. The summed E-state index contributed by atoms with van der Waals surface area (Å²) in [5.41, 5.74) is 10.8. The summed E-state index contributed by atoms with van der Waals surface area (Å²) in [5.74, 6) is 6.09. The van der Waals surface area contributed by atoms with Crippen molar-refractivity contribution < 1.29 is 23.9 Å². The van der Waals surface area contributed by atoms with Gasteiger partial charge in [-0.05, 0) is 33.9 Å². The number of H-pyrrole nitrogens is 1. The van der Waals surface area contributed by atoms with Crippen LogP contribution in [-0.4, -0.2) is 67.3 Å². The van der Waals surface area contributed by atoms with Crippen molar-refractivity contribution in [2.24, 2.45) is 68.1 Å². The molecule has 6 aliphatic heterocycles. The molecule has 7 N–H and O–H groups in total. The largest absolute Gasteiger partial charge is 0.469 e. The normalized spacial score (nSPS) is 16.8. The zero-order valence-corrected chi connectivity index (χ0v) is 53.5. The number of rotatable bonds is 0. The van der Waals surface area contributed by atoms with Crippen LogP contribution >= 0.6 is 35.7 Å². The number of nitrogens with one attached hydrogen (secondary N) is 7. The second kappa shape index (κ2) is 29.3. The number of thioether (sulfide) groups is 1. The molecule has 7 heterocycles. The highest BCUT2D eigenvalue weighted by molar-refractivity contribution is 8.17. The van der Waals surface area contributed by atoms with Crippen LogP contribution in [0.1, 0.15) is 172 Å². The maximum absolute atomic E-state index is 10.6. The third-order valence-corrected chi connectivity index (χ3v) is 11.9. The number of amidine groups is 2. The molecule has 0 aromatic carbocycles. The Labute approximate surface area is 474 Å². The van der Waals surface area contributed by atoms with Crippen molar-refractivity contribution in [3.63, 3.8) is 0 Å². The highest BCUT2D eigenvalue weighted by Gasteiger charge is 2.29. The van der Waals surface area contributed by atoms with Crippen LogP contribution in [0.5, 0.6) is 0 Å². The SMILES string of the molecule is C=C1N=C(C(C)(C)C)NO1.C=C1N=C(C(C)(C)C)NS1.C=C1N=C(C(C)(C)C)ON1.C=C1N=C(C(C)(C)C)SN1.C=C1NN=C(C(C)(C)C)O1.C=C1NN=C(C(C)(C)C)S1.CC(C)(C)c1nn[nH]n1.COC(=O)C(C)(C)C. The molecule has 0 atom stereocenters. The number of tetrazole rings is 1. The smallest absolute Gasteiger partial charge is 0.310 e. The van der Waals surface area contributed by atoms with Gasteiger partial charge in [-0.15, -0.1) is 15.3 Å². The van der Waals surface area contributed by atoms with Crippen molar-refractivity contribution in [2.75, 3.05) is 7.11 Å². The lowest BCUT2D eigenvalue weighted by Gasteiger charge is -2.16. The number of nitrogens with zero attached hydrogens (tertiary/aromatic N) is 9. The quantitative estimate of drug-likeness (QED) is 0.0941. The molecule has 0 radical (unpaired) electrons. The molecule has 0 fully saturated rings. The number of hydrogen-bond acceptors (Lipinski definition) is 23.